The van der Waals surface area contributed by atoms with Crippen molar-refractivity contribution in [2.75, 3.05) is 6.54 Å². The minimum atomic E-state index is -5.08. The van der Waals surface area contributed by atoms with Gasteiger partial charge < -0.3 is 25.0 Å². The number of nitrogens with one attached hydrogen (secondary N) is 2. The molecule has 2 fully saturated rings. The summed E-state index contributed by atoms with van der Waals surface area (Å²) in [5.41, 5.74) is -0.0850. The molecule has 3 N–H and O–H groups in total. The largest absolute Gasteiger partial charge is 0.490 e. The summed E-state index contributed by atoms with van der Waals surface area (Å²) in [5, 5.41) is 13.5. The van der Waals surface area contributed by atoms with Gasteiger partial charge in [-0.05, 0) is 61.0 Å². The minimum Gasteiger partial charge on any atom is -0.489 e. The van der Waals surface area contributed by atoms with Crippen LogP contribution in [0, 0.1) is 0 Å². The second-order valence-corrected chi connectivity index (χ2v) is 8.34. The van der Waals surface area contributed by atoms with Gasteiger partial charge >= 0.3 is 12.1 Å². The molecule has 2 heterocycles. The SMILES string of the molecule is Cn1cc(Br)c(O[C@H]2CC[C@H](NC(=O)[C@@H]3CCCN3)CC2)cc1=O.O=C(O)C(F)(F)F. The fourth-order valence-corrected chi connectivity index (χ4v) is 3.90. The third-order valence-electron chi connectivity index (χ3n) is 5.08. The van der Waals surface area contributed by atoms with Gasteiger partial charge in [0.05, 0.1) is 16.6 Å². The highest BCUT2D eigenvalue weighted by Crippen LogP contribution is 2.28. The summed E-state index contributed by atoms with van der Waals surface area (Å²) in [6.07, 6.45) is 2.31. The van der Waals surface area contributed by atoms with Crippen molar-refractivity contribution in [2.45, 2.75) is 62.9 Å². The Bertz CT molecular complexity index is 832. The number of amides is 1. The van der Waals surface area contributed by atoms with Gasteiger partial charge in [0.25, 0.3) is 5.56 Å². The van der Waals surface area contributed by atoms with Gasteiger partial charge in [0, 0.05) is 25.4 Å². The van der Waals surface area contributed by atoms with Crippen LogP contribution in [0.15, 0.2) is 21.5 Å². The number of alkyl halides is 3. The van der Waals surface area contributed by atoms with Crippen molar-refractivity contribution in [3.63, 3.8) is 0 Å². The molecule has 174 valence electrons. The molecule has 0 radical (unpaired) electrons. The van der Waals surface area contributed by atoms with E-state index >= 15 is 0 Å². The standard InChI is InChI=1S/C17H24BrN3O3.C2HF3O2/c1-21-10-13(18)15(9-16(21)22)24-12-6-4-11(5-7-12)20-17(23)14-3-2-8-19-14;3-2(4,5)1(6)7/h9-12,14,19H,2-8H2,1H3,(H,20,23);(H,6,7)/t11-,12-,14-;/m0./s1. The molecule has 1 saturated carbocycles. The second kappa shape index (κ2) is 11.0. The van der Waals surface area contributed by atoms with Gasteiger partial charge in [-0.3, -0.25) is 9.59 Å². The third-order valence-corrected chi connectivity index (χ3v) is 5.67. The van der Waals surface area contributed by atoms with Crippen LogP contribution >= 0.6 is 15.9 Å². The van der Waals surface area contributed by atoms with Gasteiger partial charge in [-0.1, -0.05) is 0 Å². The molecule has 0 unspecified atom stereocenters. The van der Waals surface area contributed by atoms with Crippen LogP contribution in [0.3, 0.4) is 0 Å². The number of aliphatic carboxylic acids is 1. The van der Waals surface area contributed by atoms with Gasteiger partial charge in [0.2, 0.25) is 5.91 Å². The average molecular weight is 512 g/mol. The maximum atomic E-state index is 12.2. The molecule has 2 aliphatic rings. The average Bonchev–Trinajstić information content (AvgIpc) is 3.22. The van der Waals surface area contributed by atoms with E-state index in [2.05, 4.69) is 26.6 Å². The fraction of sp³-hybridized carbons (Fsp3) is 0.632. The van der Waals surface area contributed by atoms with Crippen molar-refractivity contribution >= 4 is 27.8 Å². The van der Waals surface area contributed by atoms with Crippen LogP contribution in [0.25, 0.3) is 0 Å². The van der Waals surface area contributed by atoms with Crippen LogP contribution in [0.4, 0.5) is 13.2 Å². The van der Waals surface area contributed by atoms with Gasteiger partial charge in [0.1, 0.15) is 5.75 Å². The zero-order valence-electron chi connectivity index (χ0n) is 16.9. The van der Waals surface area contributed by atoms with Crippen molar-refractivity contribution in [2.24, 2.45) is 7.05 Å². The highest BCUT2D eigenvalue weighted by Gasteiger charge is 2.38. The predicted molar refractivity (Wildman–Crippen MR) is 109 cm³/mol. The van der Waals surface area contributed by atoms with Gasteiger partial charge in [-0.15, -0.1) is 0 Å². The number of nitrogens with zero attached hydrogens (tertiary/aromatic N) is 1. The van der Waals surface area contributed by atoms with Crippen LogP contribution in [0.1, 0.15) is 38.5 Å². The molecule has 1 saturated heterocycles. The highest BCUT2D eigenvalue weighted by molar-refractivity contribution is 9.10. The molecular formula is C19H25BrF3N3O5. The molecule has 1 aromatic rings. The van der Waals surface area contributed by atoms with Crippen LogP contribution < -0.4 is 20.9 Å². The summed E-state index contributed by atoms with van der Waals surface area (Å²) in [6, 6.07) is 1.73. The number of pyridine rings is 1. The first kappa shape index (κ1) is 25.2. The summed E-state index contributed by atoms with van der Waals surface area (Å²) in [7, 11) is 1.71. The van der Waals surface area contributed by atoms with Crippen molar-refractivity contribution < 1.29 is 32.6 Å². The van der Waals surface area contributed by atoms with Gasteiger partial charge in [-0.25, -0.2) is 4.79 Å². The van der Waals surface area contributed by atoms with E-state index in [1.807, 2.05) is 0 Å². The Kier molecular flexibility index (Phi) is 8.92. The number of hydrogen-bond acceptors (Lipinski definition) is 5. The summed E-state index contributed by atoms with van der Waals surface area (Å²) in [5.74, 6) is -2.03. The topological polar surface area (TPSA) is 110 Å². The smallest absolute Gasteiger partial charge is 0.489 e. The van der Waals surface area contributed by atoms with E-state index in [4.69, 9.17) is 14.6 Å². The molecule has 0 spiro atoms. The number of halogens is 4. The van der Waals surface area contributed by atoms with E-state index in [1.54, 1.807) is 13.2 Å². The van der Waals surface area contributed by atoms with Crippen molar-refractivity contribution in [3.8, 4) is 5.75 Å². The number of carboxylic acids is 1. The van der Waals surface area contributed by atoms with E-state index in [-0.39, 0.29) is 29.7 Å². The summed E-state index contributed by atoms with van der Waals surface area (Å²) in [6.45, 7) is 0.935. The molecule has 1 aliphatic heterocycles. The first-order chi connectivity index (χ1) is 14.5. The first-order valence-electron chi connectivity index (χ1n) is 9.84. The van der Waals surface area contributed by atoms with Crippen LogP contribution in [-0.2, 0) is 16.6 Å². The Hall–Kier alpha value is -2.08. The quantitative estimate of drug-likeness (QED) is 0.572. The number of rotatable bonds is 4. The zero-order chi connectivity index (χ0) is 23.2. The maximum Gasteiger partial charge on any atom is 0.490 e. The lowest BCUT2D eigenvalue weighted by molar-refractivity contribution is -0.192. The predicted octanol–water partition coefficient (Wildman–Crippen LogP) is 2.34. The number of carbonyl (C=O) groups is 2. The van der Waals surface area contributed by atoms with Crippen LogP contribution in [0.2, 0.25) is 0 Å². The van der Waals surface area contributed by atoms with Crippen molar-refractivity contribution in [1.82, 2.24) is 15.2 Å². The van der Waals surface area contributed by atoms with Gasteiger partial charge in [0.15, 0.2) is 0 Å². The lowest BCUT2D eigenvalue weighted by Crippen LogP contribution is -2.47. The normalized spacial score (nSPS) is 23.5. The third kappa shape index (κ3) is 7.84. The number of ether oxygens (including phenoxy) is 1. The molecule has 8 nitrogen and oxygen atoms in total. The molecule has 1 amide bonds. The van der Waals surface area contributed by atoms with Crippen LogP contribution in [0.5, 0.6) is 5.75 Å². The molecule has 0 aromatic carbocycles. The number of carbonyl (C=O) groups excluding carboxylic acids is 1. The molecule has 12 heteroatoms. The molecule has 1 aliphatic carbocycles. The molecular weight excluding hydrogens is 487 g/mol. The summed E-state index contributed by atoms with van der Waals surface area (Å²) < 4.78 is 40.0. The Balaban J connectivity index is 0.000000423. The second-order valence-electron chi connectivity index (χ2n) is 7.49. The maximum absolute atomic E-state index is 12.2. The Morgan fingerprint density at radius 1 is 1.26 bits per heavy atom. The fourth-order valence-electron chi connectivity index (χ4n) is 3.39. The lowest BCUT2D eigenvalue weighted by atomic mass is 9.92. The summed E-state index contributed by atoms with van der Waals surface area (Å²) in [4.78, 5) is 32.8. The highest BCUT2D eigenvalue weighted by atomic mass is 79.9. The van der Waals surface area contributed by atoms with E-state index in [1.165, 1.54) is 10.6 Å². The molecule has 31 heavy (non-hydrogen) atoms. The monoisotopic (exact) mass is 511 g/mol. The lowest BCUT2D eigenvalue weighted by Gasteiger charge is -2.30. The number of hydrogen-bond donors (Lipinski definition) is 3. The summed E-state index contributed by atoms with van der Waals surface area (Å²) >= 11 is 3.44. The van der Waals surface area contributed by atoms with E-state index in [0.717, 1.165) is 49.5 Å². The van der Waals surface area contributed by atoms with E-state index < -0.39 is 12.1 Å². The van der Waals surface area contributed by atoms with E-state index in [0.29, 0.717) is 5.75 Å². The van der Waals surface area contributed by atoms with Crippen LogP contribution in [-0.4, -0.2) is 52.5 Å². The Morgan fingerprint density at radius 2 is 1.87 bits per heavy atom. The Morgan fingerprint density at radius 3 is 2.39 bits per heavy atom. The number of aryl methyl sites for hydroxylation is 1. The molecule has 3 rings (SSSR count). The number of aromatic nitrogens is 1. The molecule has 1 aromatic heterocycles. The van der Waals surface area contributed by atoms with E-state index in [9.17, 15) is 22.8 Å². The Labute approximate surface area is 185 Å². The van der Waals surface area contributed by atoms with Gasteiger partial charge in [-0.2, -0.15) is 13.2 Å². The minimum absolute atomic E-state index is 0.0181. The molecule has 0 bridgehead atoms. The number of carboxylic acid groups (broad SMARTS) is 1. The van der Waals surface area contributed by atoms with Crippen molar-refractivity contribution in [3.05, 3.63) is 27.1 Å². The molecule has 1 atom stereocenters. The first-order valence-corrected chi connectivity index (χ1v) is 10.6. The zero-order valence-corrected chi connectivity index (χ0v) is 18.5. The van der Waals surface area contributed by atoms with Crippen molar-refractivity contribution in [1.29, 1.82) is 0 Å².